The van der Waals surface area contributed by atoms with Gasteiger partial charge in [-0.25, -0.2) is 0 Å². The molecule has 26 heavy (non-hydrogen) atoms. The lowest BCUT2D eigenvalue weighted by Gasteiger charge is -2.15. The molecule has 0 aromatic heterocycles. The standard InChI is InChI=1S/C23H49NOS/c1-4-5-6-7-8-9-10-11-12-13-14-15-16-17-18-19-20-26-22-23(25)21-24(2)3/h23,25H,4-22H2,1-3H3. The lowest BCUT2D eigenvalue weighted by molar-refractivity contribution is 0.158. The third kappa shape index (κ3) is 22.3. The first-order valence-electron chi connectivity index (χ1n) is 11.6. The van der Waals surface area contributed by atoms with Crippen molar-refractivity contribution in [2.24, 2.45) is 0 Å². The van der Waals surface area contributed by atoms with E-state index in [0.29, 0.717) is 0 Å². The third-order valence-corrected chi connectivity index (χ3v) is 6.23. The predicted molar refractivity (Wildman–Crippen MR) is 121 cm³/mol. The summed E-state index contributed by atoms with van der Waals surface area (Å²) in [4.78, 5) is 2.06. The number of unbranched alkanes of at least 4 members (excludes halogenated alkanes) is 15. The fourth-order valence-corrected chi connectivity index (χ4v) is 4.40. The number of hydrogen-bond acceptors (Lipinski definition) is 3. The SMILES string of the molecule is CCCCCCCCCCCCCCCCCCSCC(O)CN(C)C. The van der Waals surface area contributed by atoms with Crippen LogP contribution in [0, 0.1) is 0 Å². The average molecular weight is 388 g/mol. The molecule has 3 heteroatoms. The highest BCUT2D eigenvalue weighted by Crippen LogP contribution is 2.14. The van der Waals surface area contributed by atoms with Crippen LogP contribution < -0.4 is 0 Å². The highest BCUT2D eigenvalue weighted by atomic mass is 32.2. The maximum Gasteiger partial charge on any atom is 0.0757 e. The van der Waals surface area contributed by atoms with Gasteiger partial charge in [-0.1, -0.05) is 103 Å². The van der Waals surface area contributed by atoms with Gasteiger partial charge >= 0.3 is 0 Å². The second kappa shape index (κ2) is 21.6. The Labute approximate surface area is 169 Å². The molecule has 0 amide bonds. The normalized spacial score (nSPS) is 12.8. The van der Waals surface area contributed by atoms with E-state index >= 15 is 0 Å². The van der Waals surface area contributed by atoms with Crippen LogP contribution in [0.1, 0.15) is 110 Å². The molecule has 2 nitrogen and oxygen atoms in total. The minimum Gasteiger partial charge on any atom is -0.391 e. The number of thioether (sulfide) groups is 1. The van der Waals surface area contributed by atoms with E-state index in [1.807, 2.05) is 25.9 Å². The van der Waals surface area contributed by atoms with Crippen molar-refractivity contribution < 1.29 is 5.11 Å². The van der Waals surface area contributed by atoms with Crippen molar-refractivity contribution in [3.63, 3.8) is 0 Å². The highest BCUT2D eigenvalue weighted by molar-refractivity contribution is 7.99. The fourth-order valence-electron chi connectivity index (χ4n) is 3.45. The minimum atomic E-state index is -0.170. The molecule has 1 unspecified atom stereocenters. The van der Waals surface area contributed by atoms with Crippen LogP contribution in [0.5, 0.6) is 0 Å². The molecule has 0 aliphatic carbocycles. The quantitative estimate of drug-likeness (QED) is 0.217. The first-order chi connectivity index (χ1) is 12.7. The number of aliphatic hydroxyl groups is 1. The summed E-state index contributed by atoms with van der Waals surface area (Å²) >= 11 is 1.91. The van der Waals surface area contributed by atoms with Crippen molar-refractivity contribution in [2.45, 2.75) is 116 Å². The van der Waals surface area contributed by atoms with Gasteiger partial charge in [-0.2, -0.15) is 11.8 Å². The van der Waals surface area contributed by atoms with Crippen LogP contribution in [0.3, 0.4) is 0 Å². The first-order valence-corrected chi connectivity index (χ1v) is 12.7. The number of nitrogens with zero attached hydrogens (tertiary/aromatic N) is 1. The Morgan fingerprint density at radius 2 is 1.04 bits per heavy atom. The molecule has 158 valence electrons. The average Bonchev–Trinajstić information content (AvgIpc) is 2.60. The van der Waals surface area contributed by atoms with Crippen LogP contribution in [-0.4, -0.2) is 48.3 Å². The van der Waals surface area contributed by atoms with E-state index in [4.69, 9.17) is 0 Å². The zero-order valence-electron chi connectivity index (χ0n) is 18.3. The molecule has 0 spiro atoms. The third-order valence-electron chi connectivity index (χ3n) is 5.03. The molecule has 0 aromatic carbocycles. The molecule has 0 saturated carbocycles. The fraction of sp³-hybridized carbons (Fsp3) is 1.00. The Morgan fingerprint density at radius 3 is 1.42 bits per heavy atom. The summed E-state index contributed by atoms with van der Waals surface area (Å²) in [7, 11) is 4.03. The van der Waals surface area contributed by atoms with E-state index in [-0.39, 0.29) is 6.10 Å². The number of hydrogen-bond donors (Lipinski definition) is 1. The van der Waals surface area contributed by atoms with Gasteiger partial charge in [0.15, 0.2) is 0 Å². The van der Waals surface area contributed by atoms with Crippen LogP contribution in [0.25, 0.3) is 0 Å². The minimum absolute atomic E-state index is 0.170. The van der Waals surface area contributed by atoms with Gasteiger partial charge in [0.1, 0.15) is 0 Å². The van der Waals surface area contributed by atoms with Crippen molar-refractivity contribution in [1.29, 1.82) is 0 Å². The van der Waals surface area contributed by atoms with Crippen LogP contribution >= 0.6 is 11.8 Å². The van der Waals surface area contributed by atoms with E-state index in [0.717, 1.165) is 12.3 Å². The topological polar surface area (TPSA) is 23.5 Å². The van der Waals surface area contributed by atoms with E-state index < -0.39 is 0 Å². The maximum atomic E-state index is 9.79. The summed E-state index contributed by atoms with van der Waals surface area (Å²) in [6.45, 7) is 3.08. The summed E-state index contributed by atoms with van der Waals surface area (Å²) in [5, 5.41) is 9.79. The second-order valence-corrected chi connectivity index (χ2v) is 9.44. The number of rotatable bonds is 21. The summed E-state index contributed by atoms with van der Waals surface area (Å²) in [6.07, 6.45) is 22.7. The maximum absolute atomic E-state index is 9.79. The van der Waals surface area contributed by atoms with Crippen molar-refractivity contribution in [2.75, 3.05) is 32.1 Å². The van der Waals surface area contributed by atoms with Crippen molar-refractivity contribution in [3.8, 4) is 0 Å². The molecule has 1 atom stereocenters. The molecule has 0 heterocycles. The largest absolute Gasteiger partial charge is 0.391 e. The Balaban J connectivity index is 3.05. The number of likely N-dealkylation sites (N-methyl/N-ethyl adjacent to an activating group) is 1. The molecule has 0 radical (unpaired) electrons. The Bertz CT molecular complexity index is 261. The van der Waals surface area contributed by atoms with Gasteiger partial charge < -0.3 is 10.0 Å². The number of aliphatic hydroxyl groups excluding tert-OH is 1. The second-order valence-electron chi connectivity index (χ2n) is 8.29. The molecule has 0 fully saturated rings. The molecule has 0 aliphatic heterocycles. The Hall–Kier alpha value is 0.270. The molecule has 0 aromatic rings. The summed E-state index contributed by atoms with van der Waals surface area (Å²) in [5.74, 6) is 2.10. The molecular formula is C23H49NOS. The summed E-state index contributed by atoms with van der Waals surface area (Å²) < 4.78 is 0. The molecule has 0 bridgehead atoms. The van der Waals surface area contributed by atoms with Gasteiger partial charge in [-0.05, 0) is 26.3 Å². The van der Waals surface area contributed by atoms with Crippen molar-refractivity contribution >= 4 is 11.8 Å². The van der Waals surface area contributed by atoms with Gasteiger partial charge in [0.25, 0.3) is 0 Å². The van der Waals surface area contributed by atoms with E-state index in [1.54, 1.807) is 0 Å². The van der Waals surface area contributed by atoms with E-state index in [2.05, 4.69) is 11.8 Å². The van der Waals surface area contributed by atoms with Gasteiger partial charge in [0, 0.05) is 12.3 Å². The Morgan fingerprint density at radius 1 is 0.654 bits per heavy atom. The molecule has 0 saturated heterocycles. The lowest BCUT2D eigenvalue weighted by atomic mass is 10.0. The Kier molecular flexibility index (Phi) is 21.8. The zero-order chi connectivity index (χ0) is 19.3. The van der Waals surface area contributed by atoms with Crippen LogP contribution in [0.4, 0.5) is 0 Å². The van der Waals surface area contributed by atoms with Gasteiger partial charge in [-0.3, -0.25) is 0 Å². The molecular weight excluding hydrogens is 338 g/mol. The predicted octanol–water partition coefficient (Wildman–Crippen LogP) is 6.90. The van der Waals surface area contributed by atoms with Crippen molar-refractivity contribution in [1.82, 2.24) is 4.90 Å². The van der Waals surface area contributed by atoms with Gasteiger partial charge in [-0.15, -0.1) is 0 Å². The van der Waals surface area contributed by atoms with Crippen LogP contribution in [0.2, 0.25) is 0 Å². The highest BCUT2D eigenvalue weighted by Gasteiger charge is 2.04. The zero-order valence-corrected chi connectivity index (χ0v) is 19.1. The summed E-state index contributed by atoms with van der Waals surface area (Å²) in [6, 6.07) is 0. The van der Waals surface area contributed by atoms with Crippen molar-refractivity contribution in [3.05, 3.63) is 0 Å². The van der Waals surface area contributed by atoms with Crippen LogP contribution in [0.15, 0.2) is 0 Å². The molecule has 1 N–H and O–H groups in total. The monoisotopic (exact) mass is 387 g/mol. The van der Waals surface area contributed by atoms with Gasteiger partial charge in [0.05, 0.1) is 6.10 Å². The smallest absolute Gasteiger partial charge is 0.0757 e. The lowest BCUT2D eigenvalue weighted by Crippen LogP contribution is -2.27. The van der Waals surface area contributed by atoms with E-state index in [9.17, 15) is 5.11 Å². The van der Waals surface area contributed by atoms with Crippen LogP contribution in [-0.2, 0) is 0 Å². The molecule has 0 rings (SSSR count). The van der Waals surface area contributed by atoms with Gasteiger partial charge in [0.2, 0.25) is 0 Å². The molecule has 0 aliphatic rings. The summed E-state index contributed by atoms with van der Waals surface area (Å²) in [5.41, 5.74) is 0. The van der Waals surface area contributed by atoms with E-state index in [1.165, 1.54) is 108 Å². The first kappa shape index (κ1) is 26.3.